The molecule has 2 aliphatic rings. The quantitative estimate of drug-likeness (QED) is 0.690. The first-order valence-corrected chi connectivity index (χ1v) is 5.88. The van der Waals surface area contributed by atoms with Gasteiger partial charge in [0.25, 0.3) is 0 Å². The lowest BCUT2D eigenvalue weighted by molar-refractivity contribution is -0.0971. The first-order chi connectivity index (χ1) is 6.54. The van der Waals surface area contributed by atoms with Gasteiger partial charge in [-0.3, -0.25) is 0 Å². The Bertz CT molecular complexity index is 210. The molecule has 4 atom stereocenters. The van der Waals surface area contributed by atoms with Crippen LogP contribution in [0.4, 0.5) is 0 Å². The normalized spacial score (nSPS) is 48.2. The summed E-state index contributed by atoms with van der Waals surface area (Å²) >= 11 is 0. The Balaban J connectivity index is 2.13. The molecule has 0 aromatic carbocycles. The molecule has 0 spiro atoms. The molecule has 1 unspecified atom stereocenters. The van der Waals surface area contributed by atoms with Crippen molar-refractivity contribution in [2.45, 2.75) is 51.7 Å². The highest BCUT2D eigenvalue weighted by atomic mass is 16.6. The molecule has 2 nitrogen and oxygen atoms in total. The van der Waals surface area contributed by atoms with E-state index in [0.717, 1.165) is 19.4 Å². The summed E-state index contributed by atoms with van der Waals surface area (Å²) in [6.45, 7) is 7.44. The van der Waals surface area contributed by atoms with Crippen molar-refractivity contribution in [3.63, 3.8) is 0 Å². The highest BCUT2D eigenvalue weighted by molar-refractivity contribution is 5.03. The predicted molar refractivity (Wildman–Crippen MR) is 56.0 cm³/mol. The fourth-order valence-electron chi connectivity index (χ4n) is 3.14. The van der Waals surface area contributed by atoms with Gasteiger partial charge in [-0.05, 0) is 30.6 Å². The first-order valence-electron chi connectivity index (χ1n) is 5.88. The van der Waals surface area contributed by atoms with Gasteiger partial charge in [0.1, 0.15) is 6.10 Å². The summed E-state index contributed by atoms with van der Waals surface area (Å²) in [6, 6.07) is 0. The smallest absolute Gasteiger partial charge is 0.110 e. The van der Waals surface area contributed by atoms with Crippen LogP contribution in [0.25, 0.3) is 0 Å². The molecule has 2 fully saturated rings. The lowest BCUT2D eigenvalue weighted by atomic mass is 9.66. The van der Waals surface area contributed by atoms with E-state index in [4.69, 9.17) is 4.74 Å². The van der Waals surface area contributed by atoms with Crippen molar-refractivity contribution in [1.29, 1.82) is 0 Å². The van der Waals surface area contributed by atoms with Crippen LogP contribution in [0.5, 0.6) is 0 Å². The summed E-state index contributed by atoms with van der Waals surface area (Å²) in [6.07, 6.45) is 3.49. The van der Waals surface area contributed by atoms with E-state index in [1.807, 2.05) is 0 Å². The number of epoxide rings is 1. The molecule has 1 N–H and O–H groups in total. The van der Waals surface area contributed by atoms with Crippen LogP contribution in [0.3, 0.4) is 0 Å². The van der Waals surface area contributed by atoms with Gasteiger partial charge in [-0.15, -0.1) is 0 Å². The lowest BCUT2D eigenvalue weighted by Gasteiger charge is -2.44. The number of rotatable bonds is 2. The van der Waals surface area contributed by atoms with Gasteiger partial charge in [-0.2, -0.15) is 0 Å². The van der Waals surface area contributed by atoms with Gasteiger partial charge in [0.2, 0.25) is 0 Å². The van der Waals surface area contributed by atoms with E-state index in [0.29, 0.717) is 17.8 Å². The maximum Gasteiger partial charge on any atom is 0.110 e. The Labute approximate surface area is 86.6 Å². The number of ether oxygens (including phenoxy) is 1. The molecule has 1 saturated heterocycles. The second kappa shape index (κ2) is 3.49. The second-order valence-corrected chi connectivity index (χ2v) is 5.55. The van der Waals surface area contributed by atoms with E-state index >= 15 is 0 Å². The standard InChI is InChI=1S/C12H22O2/c1-8(2)10-5-4-9(3)6-12(10,13)11-7-14-11/h8-11,13H,4-7H2,1-3H3/t9-,10+,11?,12+/m1/s1. The van der Waals surface area contributed by atoms with Gasteiger partial charge in [-0.1, -0.05) is 27.2 Å². The molecule has 1 heterocycles. The van der Waals surface area contributed by atoms with Crippen LogP contribution in [0.2, 0.25) is 0 Å². The fraction of sp³-hybridized carbons (Fsp3) is 1.00. The molecule has 14 heavy (non-hydrogen) atoms. The summed E-state index contributed by atoms with van der Waals surface area (Å²) in [5.41, 5.74) is -0.522. The van der Waals surface area contributed by atoms with Gasteiger partial charge >= 0.3 is 0 Å². The summed E-state index contributed by atoms with van der Waals surface area (Å²) in [5.74, 6) is 1.65. The van der Waals surface area contributed by atoms with Crippen LogP contribution in [0, 0.1) is 17.8 Å². The van der Waals surface area contributed by atoms with Crippen LogP contribution in [-0.4, -0.2) is 23.4 Å². The fourth-order valence-corrected chi connectivity index (χ4v) is 3.14. The van der Waals surface area contributed by atoms with Crippen LogP contribution in [0.1, 0.15) is 40.0 Å². The van der Waals surface area contributed by atoms with Crippen LogP contribution in [-0.2, 0) is 4.74 Å². The zero-order chi connectivity index (χ0) is 10.3. The van der Waals surface area contributed by atoms with Crippen molar-refractivity contribution in [2.75, 3.05) is 6.61 Å². The van der Waals surface area contributed by atoms with Crippen molar-refractivity contribution < 1.29 is 9.84 Å². The molecule has 0 aromatic heterocycles. The second-order valence-electron chi connectivity index (χ2n) is 5.55. The van der Waals surface area contributed by atoms with Gasteiger partial charge in [0, 0.05) is 0 Å². The average molecular weight is 198 g/mol. The van der Waals surface area contributed by atoms with Gasteiger partial charge in [0.05, 0.1) is 12.2 Å². The van der Waals surface area contributed by atoms with Crippen LogP contribution in [0.15, 0.2) is 0 Å². The molecule has 2 heteroatoms. The van der Waals surface area contributed by atoms with Gasteiger partial charge < -0.3 is 9.84 Å². The van der Waals surface area contributed by atoms with Crippen molar-refractivity contribution in [2.24, 2.45) is 17.8 Å². The minimum atomic E-state index is -0.522. The highest BCUT2D eigenvalue weighted by Gasteiger charge is 2.53. The molecule has 0 aromatic rings. The van der Waals surface area contributed by atoms with E-state index in [1.54, 1.807) is 0 Å². The molecule has 1 saturated carbocycles. The van der Waals surface area contributed by atoms with Gasteiger partial charge in [-0.25, -0.2) is 0 Å². The zero-order valence-corrected chi connectivity index (χ0v) is 9.49. The highest BCUT2D eigenvalue weighted by Crippen LogP contribution is 2.46. The average Bonchev–Trinajstić information content (AvgIpc) is 2.84. The topological polar surface area (TPSA) is 32.8 Å². The Kier molecular flexibility index (Phi) is 2.61. The largest absolute Gasteiger partial charge is 0.387 e. The molecular weight excluding hydrogens is 176 g/mol. The Morgan fingerprint density at radius 3 is 2.50 bits per heavy atom. The summed E-state index contributed by atoms with van der Waals surface area (Å²) < 4.78 is 5.33. The van der Waals surface area contributed by atoms with E-state index in [2.05, 4.69) is 20.8 Å². The Morgan fingerprint density at radius 2 is 2.00 bits per heavy atom. The third-order valence-corrected chi connectivity index (χ3v) is 3.98. The van der Waals surface area contributed by atoms with E-state index in [1.165, 1.54) is 6.42 Å². The van der Waals surface area contributed by atoms with E-state index in [9.17, 15) is 5.11 Å². The Hall–Kier alpha value is -0.0800. The third kappa shape index (κ3) is 1.70. The van der Waals surface area contributed by atoms with Crippen LogP contribution >= 0.6 is 0 Å². The minimum Gasteiger partial charge on any atom is -0.387 e. The minimum absolute atomic E-state index is 0.137. The molecule has 2 rings (SSSR count). The predicted octanol–water partition coefficient (Wildman–Crippen LogP) is 2.21. The van der Waals surface area contributed by atoms with Crippen molar-refractivity contribution >= 4 is 0 Å². The summed E-state index contributed by atoms with van der Waals surface area (Å²) in [5, 5.41) is 10.7. The number of hydrogen-bond acceptors (Lipinski definition) is 2. The van der Waals surface area contributed by atoms with Gasteiger partial charge in [0.15, 0.2) is 0 Å². The summed E-state index contributed by atoms with van der Waals surface area (Å²) in [7, 11) is 0. The third-order valence-electron chi connectivity index (χ3n) is 3.98. The molecule has 0 amide bonds. The number of hydrogen-bond donors (Lipinski definition) is 1. The Morgan fingerprint density at radius 1 is 1.36 bits per heavy atom. The molecular formula is C12H22O2. The first kappa shape index (κ1) is 10.4. The lowest BCUT2D eigenvalue weighted by Crippen LogP contribution is -2.49. The maximum atomic E-state index is 10.7. The van der Waals surface area contributed by atoms with Crippen LogP contribution < -0.4 is 0 Å². The zero-order valence-electron chi connectivity index (χ0n) is 9.49. The van der Waals surface area contributed by atoms with Crippen molar-refractivity contribution in [3.8, 4) is 0 Å². The molecule has 0 bridgehead atoms. The molecule has 82 valence electrons. The molecule has 0 radical (unpaired) electrons. The monoisotopic (exact) mass is 198 g/mol. The number of aliphatic hydroxyl groups is 1. The maximum absolute atomic E-state index is 10.7. The molecule has 1 aliphatic heterocycles. The van der Waals surface area contributed by atoms with E-state index in [-0.39, 0.29) is 6.10 Å². The summed E-state index contributed by atoms with van der Waals surface area (Å²) in [4.78, 5) is 0. The van der Waals surface area contributed by atoms with Crippen molar-refractivity contribution in [3.05, 3.63) is 0 Å². The molecule has 1 aliphatic carbocycles. The van der Waals surface area contributed by atoms with Crippen molar-refractivity contribution in [1.82, 2.24) is 0 Å². The SMILES string of the molecule is CC(C)[C@@H]1CC[C@@H](C)C[C@@]1(O)C1CO1. The van der Waals surface area contributed by atoms with E-state index < -0.39 is 5.60 Å².